The van der Waals surface area contributed by atoms with E-state index in [1.54, 1.807) is 19.9 Å². The highest BCUT2D eigenvalue weighted by atomic mass is 16.5. The highest BCUT2D eigenvalue weighted by Gasteiger charge is 2.32. The third-order valence-electron chi connectivity index (χ3n) is 4.51. The Kier molecular flexibility index (Phi) is 8.97. The highest BCUT2D eigenvalue weighted by molar-refractivity contribution is 5.79. The summed E-state index contributed by atoms with van der Waals surface area (Å²) >= 11 is 0. The van der Waals surface area contributed by atoms with Crippen LogP contribution in [0.25, 0.3) is 0 Å². The molecule has 0 aromatic carbocycles. The Balaban J connectivity index is 2.11. The van der Waals surface area contributed by atoms with Crippen molar-refractivity contribution >= 4 is 5.97 Å². The molecule has 0 radical (unpaired) electrons. The number of carbonyl (C=O) groups is 1. The van der Waals surface area contributed by atoms with Gasteiger partial charge >= 0.3 is 5.97 Å². The van der Waals surface area contributed by atoms with Crippen LogP contribution in [-0.2, 0) is 16.6 Å². The molecule has 1 aromatic heterocycles. The van der Waals surface area contributed by atoms with Crippen LogP contribution >= 0.6 is 0 Å². The van der Waals surface area contributed by atoms with Gasteiger partial charge in [0.2, 0.25) is 0 Å². The van der Waals surface area contributed by atoms with Crippen molar-refractivity contribution in [1.29, 1.82) is 0 Å². The number of unbranched alkanes of at least 4 members (excludes halogenated alkanes) is 9. The fraction of sp³-hybridized carbons (Fsp3) is 0.789. The first-order valence-electron chi connectivity index (χ1n) is 9.18. The number of aryl methyl sites for hydroxylation is 1. The van der Waals surface area contributed by atoms with Gasteiger partial charge in [0.05, 0.1) is 0 Å². The molecule has 0 spiro atoms. The van der Waals surface area contributed by atoms with E-state index < -0.39 is 11.4 Å². The number of aliphatic carboxylic acids is 1. The minimum Gasteiger partial charge on any atom is -0.481 e. The van der Waals surface area contributed by atoms with Crippen LogP contribution < -0.4 is 0 Å². The van der Waals surface area contributed by atoms with Crippen LogP contribution in [0.3, 0.4) is 0 Å². The van der Waals surface area contributed by atoms with Gasteiger partial charge in [-0.1, -0.05) is 69.9 Å². The third kappa shape index (κ3) is 7.19. The van der Waals surface area contributed by atoms with Crippen LogP contribution in [0.4, 0.5) is 0 Å². The average molecular weight is 323 g/mol. The van der Waals surface area contributed by atoms with Crippen LogP contribution in [0, 0.1) is 0 Å². The molecule has 132 valence electrons. The Hall–Kier alpha value is -1.32. The van der Waals surface area contributed by atoms with Crippen LogP contribution in [0.15, 0.2) is 10.6 Å². The molecule has 1 heterocycles. The molecule has 1 N–H and O–H groups in total. The number of rotatable bonds is 13. The zero-order chi connectivity index (χ0) is 17.1. The summed E-state index contributed by atoms with van der Waals surface area (Å²) in [5.74, 6) is -0.0785. The molecule has 0 unspecified atom stereocenters. The maximum absolute atomic E-state index is 11.2. The second kappa shape index (κ2) is 10.5. The summed E-state index contributed by atoms with van der Waals surface area (Å²) in [4.78, 5) is 11.2. The Bertz CT molecular complexity index is 451. The Morgan fingerprint density at radius 2 is 1.57 bits per heavy atom. The van der Waals surface area contributed by atoms with E-state index in [2.05, 4.69) is 12.1 Å². The third-order valence-corrected chi connectivity index (χ3v) is 4.51. The quantitative estimate of drug-likeness (QED) is 0.487. The van der Waals surface area contributed by atoms with Crippen molar-refractivity contribution in [3.05, 3.63) is 17.5 Å². The maximum Gasteiger partial charge on any atom is 0.315 e. The van der Waals surface area contributed by atoms with E-state index in [-0.39, 0.29) is 0 Å². The van der Waals surface area contributed by atoms with Gasteiger partial charge in [0, 0.05) is 12.5 Å². The van der Waals surface area contributed by atoms with Crippen molar-refractivity contribution in [2.24, 2.45) is 0 Å². The Labute approximate surface area is 140 Å². The summed E-state index contributed by atoms with van der Waals surface area (Å²) in [5.41, 5.74) is -0.480. The maximum atomic E-state index is 11.2. The van der Waals surface area contributed by atoms with Crippen molar-refractivity contribution in [1.82, 2.24) is 5.16 Å². The monoisotopic (exact) mass is 323 g/mol. The second-order valence-electron chi connectivity index (χ2n) is 7.04. The van der Waals surface area contributed by atoms with E-state index >= 15 is 0 Å². The lowest BCUT2D eigenvalue weighted by Gasteiger charge is -2.14. The smallest absolute Gasteiger partial charge is 0.315 e. The number of carboxylic acids is 1. The molecular formula is C19H33NO3. The molecule has 0 fully saturated rings. The van der Waals surface area contributed by atoms with Gasteiger partial charge < -0.3 is 9.63 Å². The van der Waals surface area contributed by atoms with Crippen molar-refractivity contribution < 1.29 is 14.4 Å². The van der Waals surface area contributed by atoms with E-state index in [0.29, 0.717) is 5.69 Å². The van der Waals surface area contributed by atoms with Gasteiger partial charge in [-0.2, -0.15) is 0 Å². The molecule has 23 heavy (non-hydrogen) atoms. The molecular weight excluding hydrogens is 290 g/mol. The molecule has 0 aliphatic heterocycles. The number of carboxylic acid groups (broad SMARTS) is 1. The molecule has 0 atom stereocenters. The van der Waals surface area contributed by atoms with Gasteiger partial charge in [0.1, 0.15) is 16.9 Å². The average Bonchev–Trinajstić information content (AvgIpc) is 2.98. The Morgan fingerprint density at radius 1 is 1.04 bits per heavy atom. The SMILES string of the molecule is CCCCCCCCCCCCc1cc(C(C)(C)C(=O)O)no1. The number of nitrogens with zero attached hydrogens (tertiary/aromatic N) is 1. The summed E-state index contributed by atoms with van der Waals surface area (Å²) in [7, 11) is 0. The van der Waals surface area contributed by atoms with Gasteiger partial charge in [0.15, 0.2) is 0 Å². The molecule has 4 heteroatoms. The molecule has 0 saturated carbocycles. The minimum absolute atomic E-state index is 0.507. The van der Waals surface area contributed by atoms with Gasteiger partial charge in [-0.3, -0.25) is 4.79 Å². The number of hydrogen-bond donors (Lipinski definition) is 1. The molecule has 0 bridgehead atoms. The van der Waals surface area contributed by atoms with Crippen molar-refractivity contribution in [2.75, 3.05) is 0 Å². The molecule has 0 aliphatic carbocycles. The first-order valence-corrected chi connectivity index (χ1v) is 9.18. The Morgan fingerprint density at radius 3 is 2.09 bits per heavy atom. The topological polar surface area (TPSA) is 63.3 Å². The van der Waals surface area contributed by atoms with E-state index in [0.717, 1.165) is 18.6 Å². The van der Waals surface area contributed by atoms with Crippen LogP contribution in [-0.4, -0.2) is 16.2 Å². The van der Waals surface area contributed by atoms with E-state index in [1.807, 2.05) is 0 Å². The fourth-order valence-corrected chi connectivity index (χ4v) is 2.62. The first-order chi connectivity index (χ1) is 11.0. The fourth-order valence-electron chi connectivity index (χ4n) is 2.62. The van der Waals surface area contributed by atoms with Crippen LogP contribution in [0.1, 0.15) is 96.4 Å². The van der Waals surface area contributed by atoms with Gasteiger partial charge in [0.25, 0.3) is 0 Å². The lowest BCUT2D eigenvalue weighted by Crippen LogP contribution is -2.28. The standard InChI is InChI=1S/C19H33NO3/c1-4-5-6-7-8-9-10-11-12-13-14-16-15-17(20-23-16)19(2,3)18(21)22/h15H,4-14H2,1-3H3,(H,21,22). The first kappa shape index (κ1) is 19.7. The van der Waals surface area contributed by atoms with Crippen LogP contribution in [0.5, 0.6) is 0 Å². The molecule has 0 saturated heterocycles. The molecule has 0 amide bonds. The van der Waals surface area contributed by atoms with Gasteiger partial charge in [-0.05, 0) is 20.3 Å². The lowest BCUT2D eigenvalue weighted by molar-refractivity contribution is -0.142. The van der Waals surface area contributed by atoms with E-state index in [4.69, 9.17) is 4.52 Å². The van der Waals surface area contributed by atoms with Gasteiger partial charge in [-0.15, -0.1) is 0 Å². The molecule has 0 aliphatic rings. The zero-order valence-corrected chi connectivity index (χ0v) is 15.1. The summed E-state index contributed by atoms with van der Waals surface area (Å²) in [6.45, 7) is 5.55. The minimum atomic E-state index is -0.987. The van der Waals surface area contributed by atoms with E-state index in [1.165, 1.54) is 57.8 Å². The predicted octanol–water partition coefficient (Wildman–Crippen LogP) is 5.50. The largest absolute Gasteiger partial charge is 0.481 e. The summed E-state index contributed by atoms with van der Waals surface area (Å²) in [6, 6.07) is 1.79. The van der Waals surface area contributed by atoms with Crippen molar-refractivity contribution in [2.45, 2.75) is 96.8 Å². The normalized spacial score (nSPS) is 11.8. The molecule has 1 rings (SSSR count). The predicted molar refractivity (Wildman–Crippen MR) is 92.7 cm³/mol. The summed E-state index contributed by atoms with van der Waals surface area (Å²) in [6.07, 6.45) is 13.9. The van der Waals surface area contributed by atoms with E-state index in [9.17, 15) is 9.90 Å². The van der Waals surface area contributed by atoms with Gasteiger partial charge in [-0.25, -0.2) is 0 Å². The number of hydrogen-bond acceptors (Lipinski definition) is 3. The second-order valence-corrected chi connectivity index (χ2v) is 7.04. The van der Waals surface area contributed by atoms with Crippen molar-refractivity contribution in [3.63, 3.8) is 0 Å². The lowest BCUT2D eigenvalue weighted by atomic mass is 9.89. The number of aromatic nitrogens is 1. The van der Waals surface area contributed by atoms with Crippen LogP contribution in [0.2, 0.25) is 0 Å². The van der Waals surface area contributed by atoms with Crippen molar-refractivity contribution in [3.8, 4) is 0 Å². The highest BCUT2D eigenvalue weighted by Crippen LogP contribution is 2.23. The zero-order valence-electron chi connectivity index (χ0n) is 15.1. The molecule has 1 aromatic rings. The summed E-state index contributed by atoms with van der Waals surface area (Å²) < 4.78 is 5.27. The summed E-state index contributed by atoms with van der Waals surface area (Å²) in [5, 5.41) is 13.1. The molecule has 4 nitrogen and oxygen atoms in total.